The Morgan fingerprint density at radius 1 is 1.11 bits per heavy atom. The molecule has 1 aromatic carbocycles. The number of hydrogen-bond acceptors (Lipinski definition) is 3. The minimum absolute atomic E-state index is 0.123. The Labute approximate surface area is 112 Å². The molecule has 0 spiro atoms. The molecule has 2 N–H and O–H groups in total. The Bertz CT molecular complexity index is 523. The van der Waals surface area contributed by atoms with Gasteiger partial charge in [-0.05, 0) is 36.4 Å². The predicted molar refractivity (Wildman–Crippen MR) is 76.0 cm³/mol. The van der Waals surface area contributed by atoms with Gasteiger partial charge in [-0.3, -0.25) is 9.78 Å². The fourth-order valence-electron chi connectivity index (χ4n) is 1.68. The highest BCUT2D eigenvalue weighted by molar-refractivity contribution is 6.04. The molecule has 0 bridgehead atoms. The third kappa shape index (κ3) is 3.89. The summed E-state index contributed by atoms with van der Waals surface area (Å²) in [5.41, 5.74) is 2.59. The number of rotatable bonds is 5. The number of anilines is 1. The molecule has 4 nitrogen and oxygen atoms in total. The van der Waals surface area contributed by atoms with Gasteiger partial charge in [0.05, 0.1) is 0 Å². The number of pyridine rings is 1. The first kappa shape index (κ1) is 13.2. The lowest BCUT2D eigenvalue weighted by Gasteiger charge is -2.07. The number of hydrogen-bond donors (Lipinski definition) is 2. The number of carbonyl (C=O) groups is 1. The van der Waals surface area contributed by atoms with Gasteiger partial charge in [0.2, 0.25) is 0 Å². The van der Waals surface area contributed by atoms with E-state index in [0.29, 0.717) is 5.56 Å². The second-order valence-electron chi connectivity index (χ2n) is 4.17. The molecular formula is C15H17N3O. The Morgan fingerprint density at radius 2 is 1.79 bits per heavy atom. The largest absolute Gasteiger partial charge is 0.322 e. The average Bonchev–Trinajstić information content (AvgIpc) is 2.47. The van der Waals surface area contributed by atoms with Crippen molar-refractivity contribution in [2.75, 3.05) is 11.9 Å². The van der Waals surface area contributed by atoms with Crippen molar-refractivity contribution in [3.63, 3.8) is 0 Å². The summed E-state index contributed by atoms with van der Waals surface area (Å²) in [6.45, 7) is 3.86. The maximum absolute atomic E-state index is 11.9. The second kappa shape index (κ2) is 6.66. The van der Waals surface area contributed by atoms with E-state index >= 15 is 0 Å². The predicted octanol–water partition coefficient (Wildman–Crippen LogP) is 2.44. The minimum Gasteiger partial charge on any atom is -0.322 e. The number of nitrogens with zero attached hydrogens (tertiary/aromatic N) is 1. The van der Waals surface area contributed by atoms with Gasteiger partial charge in [0.15, 0.2) is 0 Å². The zero-order chi connectivity index (χ0) is 13.5. The van der Waals surface area contributed by atoms with Crippen LogP contribution in [0.15, 0.2) is 48.8 Å². The molecule has 0 aliphatic heterocycles. The molecule has 2 rings (SSSR count). The zero-order valence-electron chi connectivity index (χ0n) is 10.9. The smallest absolute Gasteiger partial charge is 0.255 e. The summed E-state index contributed by atoms with van der Waals surface area (Å²) in [5, 5.41) is 6.11. The van der Waals surface area contributed by atoms with E-state index in [-0.39, 0.29) is 5.91 Å². The maximum atomic E-state index is 11.9. The van der Waals surface area contributed by atoms with Gasteiger partial charge in [0, 0.05) is 30.2 Å². The van der Waals surface area contributed by atoms with Crippen LogP contribution in [0.5, 0.6) is 0 Å². The SMILES string of the molecule is CCNCc1ccc(NC(=O)c2ccncc2)cc1. The zero-order valence-corrected chi connectivity index (χ0v) is 10.9. The van der Waals surface area contributed by atoms with E-state index in [0.717, 1.165) is 18.8 Å². The van der Waals surface area contributed by atoms with E-state index < -0.39 is 0 Å². The van der Waals surface area contributed by atoms with E-state index in [1.807, 2.05) is 24.3 Å². The van der Waals surface area contributed by atoms with Crippen molar-refractivity contribution >= 4 is 11.6 Å². The summed E-state index contributed by atoms with van der Waals surface area (Å²) in [6, 6.07) is 11.2. The lowest BCUT2D eigenvalue weighted by molar-refractivity contribution is 0.102. The molecule has 0 saturated carbocycles. The summed E-state index contributed by atoms with van der Waals surface area (Å²) >= 11 is 0. The van der Waals surface area contributed by atoms with Crippen molar-refractivity contribution in [2.24, 2.45) is 0 Å². The highest BCUT2D eigenvalue weighted by Gasteiger charge is 2.04. The molecule has 1 heterocycles. The quantitative estimate of drug-likeness (QED) is 0.862. The Balaban J connectivity index is 1.98. The molecule has 0 fully saturated rings. The topological polar surface area (TPSA) is 54.0 Å². The fourth-order valence-corrected chi connectivity index (χ4v) is 1.68. The summed E-state index contributed by atoms with van der Waals surface area (Å²) in [7, 11) is 0. The van der Waals surface area contributed by atoms with Gasteiger partial charge in [-0.1, -0.05) is 19.1 Å². The second-order valence-corrected chi connectivity index (χ2v) is 4.17. The van der Waals surface area contributed by atoms with E-state index in [1.165, 1.54) is 5.56 Å². The Hall–Kier alpha value is -2.20. The van der Waals surface area contributed by atoms with E-state index in [9.17, 15) is 4.79 Å². The molecule has 1 aromatic heterocycles. The molecular weight excluding hydrogens is 238 g/mol. The molecule has 98 valence electrons. The van der Waals surface area contributed by atoms with Crippen LogP contribution >= 0.6 is 0 Å². The van der Waals surface area contributed by atoms with Crippen molar-refractivity contribution in [2.45, 2.75) is 13.5 Å². The maximum Gasteiger partial charge on any atom is 0.255 e. The molecule has 0 unspecified atom stereocenters. The van der Waals surface area contributed by atoms with Gasteiger partial charge >= 0.3 is 0 Å². The normalized spacial score (nSPS) is 10.2. The van der Waals surface area contributed by atoms with Crippen molar-refractivity contribution in [1.29, 1.82) is 0 Å². The van der Waals surface area contributed by atoms with Gasteiger partial charge in [-0.2, -0.15) is 0 Å². The monoisotopic (exact) mass is 255 g/mol. The number of aromatic nitrogens is 1. The van der Waals surface area contributed by atoms with Gasteiger partial charge < -0.3 is 10.6 Å². The fraction of sp³-hybridized carbons (Fsp3) is 0.200. The van der Waals surface area contributed by atoms with Gasteiger partial charge in [-0.25, -0.2) is 0 Å². The van der Waals surface area contributed by atoms with Crippen molar-refractivity contribution in [1.82, 2.24) is 10.3 Å². The third-order valence-electron chi connectivity index (χ3n) is 2.73. The molecule has 2 aromatic rings. The standard InChI is InChI=1S/C15H17N3O/c1-2-16-11-12-3-5-14(6-4-12)18-15(19)13-7-9-17-10-8-13/h3-10,16H,2,11H2,1H3,(H,18,19). The van der Waals surface area contributed by atoms with E-state index in [1.54, 1.807) is 24.5 Å². The highest BCUT2D eigenvalue weighted by Crippen LogP contribution is 2.11. The van der Waals surface area contributed by atoms with Crippen molar-refractivity contribution in [3.05, 3.63) is 59.9 Å². The number of carbonyl (C=O) groups excluding carboxylic acids is 1. The summed E-state index contributed by atoms with van der Waals surface area (Å²) in [6.07, 6.45) is 3.21. The van der Waals surface area contributed by atoms with Crippen LogP contribution in [0.2, 0.25) is 0 Å². The van der Waals surface area contributed by atoms with Crippen LogP contribution in [0, 0.1) is 0 Å². The van der Waals surface area contributed by atoms with Crippen LogP contribution in [0.3, 0.4) is 0 Å². The van der Waals surface area contributed by atoms with Crippen LogP contribution in [0.1, 0.15) is 22.8 Å². The summed E-state index contributed by atoms with van der Waals surface area (Å²) in [5.74, 6) is -0.123. The van der Waals surface area contributed by atoms with Crippen LogP contribution in [-0.2, 0) is 6.54 Å². The van der Waals surface area contributed by atoms with Crippen molar-refractivity contribution < 1.29 is 4.79 Å². The molecule has 0 aliphatic carbocycles. The van der Waals surface area contributed by atoms with E-state index in [2.05, 4.69) is 22.5 Å². The first-order valence-electron chi connectivity index (χ1n) is 6.30. The van der Waals surface area contributed by atoms with Crippen LogP contribution in [0.25, 0.3) is 0 Å². The van der Waals surface area contributed by atoms with Crippen LogP contribution < -0.4 is 10.6 Å². The lowest BCUT2D eigenvalue weighted by atomic mass is 10.2. The number of amides is 1. The molecule has 0 atom stereocenters. The van der Waals surface area contributed by atoms with Crippen LogP contribution in [0.4, 0.5) is 5.69 Å². The number of nitrogens with one attached hydrogen (secondary N) is 2. The van der Waals surface area contributed by atoms with Crippen molar-refractivity contribution in [3.8, 4) is 0 Å². The third-order valence-corrected chi connectivity index (χ3v) is 2.73. The first-order valence-corrected chi connectivity index (χ1v) is 6.30. The highest BCUT2D eigenvalue weighted by atomic mass is 16.1. The molecule has 0 saturated heterocycles. The Morgan fingerprint density at radius 3 is 2.42 bits per heavy atom. The van der Waals surface area contributed by atoms with Crippen LogP contribution in [-0.4, -0.2) is 17.4 Å². The molecule has 1 amide bonds. The molecule has 0 aliphatic rings. The average molecular weight is 255 g/mol. The molecule has 0 radical (unpaired) electrons. The van der Waals surface area contributed by atoms with Gasteiger partial charge in [0.25, 0.3) is 5.91 Å². The molecule has 19 heavy (non-hydrogen) atoms. The first-order chi connectivity index (χ1) is 9.29. The minimum atomic E-state index is -0.123. The van der Waals surface area contributed by atoms with Gasteiger partial charge in [-0.15, -0.1) is 0 Å². The van der Waals surface area contributed by atoms with Gasteiger partial charge in [0.1, 0.15) is 0 Å². The molecule has 4 heteroatoms. The lowest BCUT2D eigenvalue weighted by Crippen LogP contribution is -2.13. The van der Waals surface area contributed by atoms with E-state index in [4.69, 9.17) is 0 Å². The number of benzene rings is 1. The Kier molecular flexibility index (Phi) is 4.64. The summed E-state index contributed by atoms with van der Waals surface area (Å²) < 4.78 is 0. The summed E-state index contributed by atoms with van der Waals surface area (Å²) in [4.78, 5) is 15.8.